The zero-order valence-electron chi connectivity index (χ0n) is 10.8. The number of hydrogen-bond acceptors (Lipinski definition) is 3. The molecule has 0 saturated heterocycles. The summed E-state index contributed by atoms with van der Waals surface area (Å²) in [7, 11) is 0.187. The van der Waals surface area contributed by atoms with Crippen molar-refractivity contribution >= 4 is 22.6 Å². The minimum Gasteiger partial charge on any atom is -0.771 e. The number of halogens is 1. The van der Waals surface area contributed by atoms with Gasteiger partial charge in [-0.1, -0.05) is 47.9 Å². The molecule has 0 N–H and O–H groups in total. The van der Waals surface area contributed by atoms with Gasteiger partial charge in [-0.25, -0.2) is 4.98 Å². The molecule has 1 unspecified atom stereocenters. The van der Waals surface area contributed by atoms with E-state index in [-0.39, 0.29) is 0 Å². The van der Waals surface area contributed by atoms with Crippen LogP contribution in [0.4, 0.5) is 0 Å². The molecule has 1 aromatic heterocycles. The highest BCUT2D eigenvalue weighted by molar-refractivity contribution is 7.80. The van der Waals surface area contributed by atoms with E-state index in [9.17, 15) is 4.55 Å². The Morgan fingerprint density at radius 1 is 1.42 bits per heavy atom. The van der Waals surface area contributed by atoms with Gasteiger partial charge >= 0.3 is 6.19 Å². The van der Waals surface area contributed by atoms with Crippen molar-refractivity contribution in [1.82, 2.24) is 4.98 Å². The monoisotopic (exact) mass is 297 g/mol. The zero-order chi connectivity index (χ0) is 13.9. The Morgan fingerprint density at radius 2 is 2.11 bits per heavy atom. The third-order valence-corrected chi connectivity index (χ3v) is 5.75. The molecule has 0 bridgehead atoms. The van der Waals surface area contributed by atoms with Crippen LogP contribution < -0.4 is 0 Å². The van der Waals surface area contributed by atoms with Gasteiger partial charge in [0.1, 0.15) is 5.15 Å². The van der Waals surface area contributed by atoms with Crippen molar-refractivity contribution in [2.45, 2.75) is 36.9 Å². The first-order chi connectivity index (χ1) is 9.10. The van der Waals surface area contributed by atoms with Gasteiger partial charge < -0.3 is 4.55 Å². The van der Waals surface area contributed by atoms with Crippen LogP contribution in [0.5, 0.6) is 0 Å². The summed E-state index contributed by atoms with van der Waals surface area (Å²) in [5.41, 5.74) is 0.914. The van der Waals surface area contributed by atoms with Crippen LogP contribution in [0, 0.1) is 11.5 Å². The van der Waals surface area contributed by atoms with Crippen molar-refractivity contribution in [2.24, 2.45) is 0 Å². The zero-order valence-corrected chi connectivity index (χ0v) is 12.4. The molecule has 1 fully saturated rings. The van der Waals surface area contributed by atoms with Crippen LogP contribution in [0.15, 0.2) is 18.3 Å². The van der Waals surface area contributed by atoms with Crippen molar-refractivity contribution in [2.75, 3.05) is 7.05 Å². The molecule has 2 rings (SSSR count). The maximum Gasteiger partial charge on any atom is 0.464 e. The van der Waals surface area contributed by atoms with E-state index >= 15 is 0 Å². The lowest BCUT2D eigenvalue weighted by atomic mass is 9.84. The van der Waals surface area contributed by atoms with Crippen LogP contribution in [0.1, 0.15) is 37.7 Å². The summed E-state index contributed by atoms with van der Waals surface area (Å²) in [6.07, 6.45) is 8.47. The van der Waals surface area contributed by atoms with Gasteiger partial charge in [-0.3, -0.25) is 0 Å². The summed E-state index contributed by atoms with van der Waals surface area (Å²) in [6.45, 7) is 0. The van der Waals surface area contributed by atoms with E-state index in [0.717, 1.165) is 37.7 Å². The minimum absolute atomic E-state index is 0.425. The number of nitrogens with zero attached hydrogens (tertiary/aromatic N) is 3. The first-order valence-electron chi connectivity index (χ1n) is 6.28. The van der Waals surface area contributed by atoms with Gasteiger partial charge in [0, 0.05) is 6.20 Å². The molecular formula is C13H16ClN3OS. The Hall–Kier alpha value is -0.960. The minimum atomic E-state index is -1.38. The maximum absolute atomic E-state index is 12.7. The van der Waals surface area contributed by atoms with Crippen LogP contribution in [-0.4, -0.2) is 20.5 Å². The highest BCUT2D eigenvalue weighted by atomic mass is 35.5. The first-order valence-corrected chi connectivity index (χ1v) is 7.76. The van der Waals surface area contributed by atoms with Crippen molar-refractivity contribution in [1.29, 1.82) is 5.26 Å². The Morgan fingerprint density at radius 3 is 2.63 bits per heavy atom. The van der Waals surface area contributed by atoms with Crippen molar-refractivity contribution in [3.8, 4) is 6.19 Å². The van der Waals surface area contributed by atoms with Crippen molar-refractivity contribution in [3.63, 3.8) is 0 Å². The molecule has 0 spiro atoms. The topological polar surface area (TPSA) is 62.8 Å². The second kappa shape index (κ2) is 6.00. The van der Waals surface area contributed by atoms with Gasteiger partial charge in [-0.05, 0) is 24.5 Å². The third kappa shape index (κ3) is 2.81. The second-order valence-corrected chi connectivity index (χ2v) is 6.99. The molecule has 6 heteroatoms. The fraction of sp³-hybridized carbons (Fsp3) is 0.538. The summed E-state index contributed by atoms with van der Waals surface area (Å²) in [6, 6.07) is 3.60. The lowest BCUT2D eigenvalue weighted by Gasteiger charge is -2.41. The molecule has 4 nitrogen and oxygen atoms in total. The van der Waals surface area contributed by atoms with E-state index in [0.29, 0.717) is 5.15 Å². The molecule has 1 aliphatic rings. The molecule has 102 valence electrons. The Bertz CT molecular complexity index is 530. The number of hydrogen-bond donors (Lipinski definition) is 0. The smallest absolute Gasteiger partial charge is 0.464 e. The normalized spacial score (nSPS) is 20.4. The van der Waals surface area contributed by atoms with E-state index in [1.54, 1.807) is 19.3 Å². The van der Waals surface area contributed by atoms with E-state index in [2.05, 4.69) is 4.98 Å². The van der Waals surface area contributed by atoms with Gasteiger partial charge in [0.15, 0.2) is 5.26 Å². The van der Waals surface area contributed by atoms with Gasteiger partial charge in [0.05, 0.1) is 11.8 Å². The largest absolute Gasteiger partial charge is 0.771 e. The molecule has 1 atom stereocenters. The van der Waals surface area contributed by atoms with Crippen LogP contribution in [0.2, 0.25) is 5.15 Å². The lowest BCUT2D eigenvalue weighted by Crippen LogP contribution is -2.37. The van der Waals surface area contributed by atoms with E-state index in [4.69, 9.17) is 16.9 Å². The Balaban J connectivity index is 2.52. The number of rotatable bonds is 2. The van der Waals surface area contributed by atoms with Crippen LogP contribution >= 0.6 is 11.6 Å². The van der Waals surface area contributed by atoms with Crippen LogP contribution in [-0.2, 0) is 15.7 Å². The first kappa shape index (κ1) is 14.4. The molecule has 0 radical (unpaired) electrons. The van der Waals surface area contributed by atoms with Gasteiger partial charge in [0.2, 0.25) is 0 Å². The average molecular weight is 298 g/mol. The molecule has 1 aromatic rings. The second-order valence-electron chi connectivity index (χ2n) is 4.77. The highest BCUT2D eigenvalue weighted by Crippen LogP contribution is 2.42. The van der Waals surface area contributed by atoms with Crippen molar-refractivity contribution < 1.29 is 8.50 Å². The molecule has 0 aliphatic heterocycles. The predicted octanol–water partition coefficient (Wildman–Crippen LogP) is 2.95. The fourth-order valence-corrected chi connectivity index (χ4v) is 4.30. The summed E-state index contributed by atoms with van der Waals surface area (Å²) < 4.78 is 13.4. The number of pyridine rings is 1. The van der Waals surface area contributed by atoms with Crippen LogP contribution in [0.25, 0.3) is 0 Å². The molecule has 0 aromatic carbocycles. The molecule has 1 aliphatic carbocycles. The summed E-state index contributed by atoms with van der Waals surface area (Å²) in [4.78, 5) is 4.10. The quantitative estimate of drug-likeness (QED) is 0.365. The summed E-state index contributed by atoms with van der Waals surface area (Å²) >= 11 is 5.82. The van der Waals surface area contributed by atoms with Gasteiger partial charge in [-0.2, -0.15) is 3.95 Å². The molecular weight excluding hydrogens is 282 g/mol. The molecule has 0 amide bonds. The predicted molar refractivity (Wildman–Crippen MR) is 73.9 cm³/mol. The lowest BCUT2D eigenvalue weighted by molar-refractivity contribution is -0.380. The van der Waals surface area contributed by atoms with E-state index in [1.165, 1.54) is 3.95 Å². The Labute approximate surface area is 121 Å². The number of nitriles is 1. The highest BCUT2D eigenvalue weighted by Gasteiger charge is 2.36. The number of aromatic nitrogens is 1. The van der Waals surface area contributed by atoms with E-state index < -0.39 is 15.7 Å². The molecule has 1 saturated carbocycles. The summed E-state index contributed by atoms with van der Waals surface area (Å²) in [5, 5.41) is 9.41. The SMILES string of the molecule is C[N+](C#N)=S([O-])C1(c2ccc(Cl)nc2)CCCCC1. The van der Waals surface area contributed by atoms with Gasteiger partial charge in [0.25, 0.3) is 0 Å². The maximum atomic E-state index is 12.7. The molecule has 19 heavy (non-hydrogen) atoms. The summed E-state index contributed by atoms with van der Waals surface area (Å²) in [5.74, 6) is 0. The van der Waals surface area contributed by atoms with Crippen molar-refractivity contribution in [3.05, 3.63) is 29.0 Å². The van der Waals surface area contributed by atoms with Gasteiger partial charge in [-0.15, -0.1) is 0 Å². The Kier molecular flexibility index (Phi) is 4.56. The van der Waals surface area contributed by atoms with Crippen LogP contribution in [0.3, 0.4) is 0 Å². The molecule has 1 heterocycles. The third-order valence-electron chi connectivity index (χ3n) is 3.64. The van der Waals surface area contributed by atoms with E-state index in [1.807, 2.05) is 12.3 Å². The fourth-order valence-electron chi connectivity index (χ4n) is 2.63. The standard InChI is InChI=1S/C13H16ClN3OS/c1-17(10-15)19(18)13(7-3-2-4-8-13)11-5-6-12(14)16-9-11/h5-6,9H,2-4,7-8H2,1H3. The average Bonchev–Trinajstić information content (AvgIpc) is 2.47.